The first-order valence-electron chi connectivity index (χ1n) is 11.9. The Morgan fingerprint density at radius 1 is 1.30 bits per heavy atom. The number of carbonyl (C=O) groups excluding carboxylic acids is 1. The van der Waals surface area contributed by atoms with Gasteiger partial charge in [0.2, 0.25) is 0 Å². The summed E-state index contributed by atoms with van der Waals surface area (Å²) >= 11 is 1.40. The molecule has 0 bridgehead atoms. The van der Waals surface area contributed by atoms with Crippen molar-refractivity contribution in [1.29, 1.82) is 0 Å². The summed E-state index contributed by atoms with van der Waals surface area (Å²) in [5, 5.41) is 4.20. The summed E-state index contributed by atoms with van der Waals surface area (Å²) in [7, 11) is 0. The number of aromatic nitrogens is 2. The molecule has 0 unspecified atom stereocenters. The number of nitrogens with zero attached hydrogens (tertiary/aromatic N) is 3. The van der Waals surface area contributed by atoms with E-state index in [-0.39, 0.29) is 5.78 Å². The lowest BCUT2D eigenvalue weighted by molar-refractivity contribution is -0.119. The molecule has 1 saturated carbocycles. The van der Waals surface area contributed by atoms with Gasteiger partial charge in [-0.15, -0.1) is 0 Å². The van der Waals surface area contributed by atoms with Gasteiger partial charge in [-0.2, -0.15) is 0 Å². The van der Waals surface area contributed by atoms with Gasteiger partial charge >= 0.3 is 0 Å². The van der Waals surface area contributed by atoms with E-state index in [2.05, 4.69) is 15.0 Å². The molecule has 2 aromatic rings. The van der Waals surface area contributed by atoms with Crippen LogP contribution in [0.2, 0.25) is 0 Å². The van der Waals surface area contributed by atoms with Crippen molar-refractivity contribution in [1.82, 2.24) is 15.0 Å². The Hall–Kier alpha value is -1.87. The number of hydrogen-bond donors (Lipinski definition) is 0. The number of alkyl halides is 2. The second-order valence-corrected chi connectivity index (χ2v) is 10.8. The maximum Gasteiger partial charge on any atom is 0.278 e. The van der Waals surface area contributed by atoms with Crippen molar-refractivity contribution in [2.75, 3.05) is 19.7 Å². The number of ether oxygens (including phenoxy) is 1. The summed E-state index contributed by atoms with van der Waals surface area (Å²) in [5.41, 5.74) is 1.79. The summed E-state index contributed by atoms with van der Waals surface area (Å²) in [6, 6.07) is 1.83. The lowest BCUT2D eigenvalue weighted by Crippen LogP contribution is -2.32. The lowest BCUT2D eigenvalue weighted by Gasteiger charge is -2.31. The quantitative estimate of drug-likeness (QED) is 0.463. The van der Waals surface area contributed by atoms with Gasteiger partial charge in [-0.05, 0) is 51.0 Å². The fraction of sp³-hybridized carbons (Fsp3) is 0.708. The fourth-order valence-electron chi connectivity index (χ4n) is 4.85. The predicted octanol–water partition coefficient (Wildman–Crippen LogP) is 5.23. The van der Waals surface area contributed by atoms with Gasteiger partial charge in [-0.25, -0.2) is 13.8 Å². The topological polar surface area (TPSA) is 68.5 Å². The van der Waals surface area contributed by atoms with Gasteiger partial charge in [0.25, 0.3) is 11.1 Å². The minimum Gasteiger partial charge on any atom is -0.464 e. The van der Waals surface area contributed by atoms with E-state index in [0.29, 0.717) is 35.6 Å². The molecule has 1 aliphatic carbocycles. The van der Waals surface area contributed by atoms with Crippen molar-refractivity contribution in [3.63, 3.8) is 0 Å². The van der Waals surface area contributed by atoms with Gasteiger partial charge in [0.1, 0.15) is 11.5 Å². The van der Waals surface area contributed by atoms with Gasteiger partial charge in [-0.1, -0.05) is 29.3 Å². The van der Waals surface area contributed by atoms with Crippen LogP contribution in [0.4, 0.5) is 8.78 Å². The number of carbonyl (C=O) groups is 1. The SMILES string of the molecule is Cc1cc(CC(=O)CC2CCC(CCN3CCc4sc(OCC(C)(F)F)nc4C3)CC2)on1. The van der Waals surface area contributed by atoms with Crippen LogP contribution >= 0.6 is 11.3 Å². The molecule has 9 heteroatoms. The first-order chi connectivity index (χ1) is 15.7. The van der Waals surface area contributed by atoms with Crippen LogP contribution in [0.3, 0.4) is 0 Å². The third kappa shape index (κ3) is 7.30. The Morgan fingerprint density at radius 3 is 2.76 bits per heavy atom. The summed E-state index contributed by atoms with van der Waals surface area (Å²) in [4.78, 5) is 20.4. The van der Waals surface area contributed by atoms with E-state index in [9.17, 15) is 13.6 Å². The molecule has 182 valence electrons. The highest BCUT2D eigenvalue weighted by molar-refractivity contribution is 7.13. The van der Waals surface area contributed by atoms with E-state index in [1.54, 1.807) is 0 Å². The predicted molar refractivity (Wildman–Crippen MR) is 122 cm³/mol. The molecule has 4 rings (SSSR count). The second kappa shape index (κ2) is 10.6. The molecule has 0 amide bonds. The van der Waals surface area contributed by atoms with Crippen molar-refractivity contribution in [3.05, 3.63) is 28.1 Å². The summed E-state index contributed by atoms with van der Waals surface area (Å²) in [6.45, 7) is 4.86. The zero-order valence-corrected chi connectivity index (χ0v) is 20.3. The monoisotopic (exact) mass is 481 g/mol. The normalized spacial score (nSPS) is 21.7. The maximum atomic E-state index is 13.0. The van der Waals surface area contributed by atoms with Crippen LogP contribution in [0.25, 0.3) is 0 Å². The number of hydrogen-bond acceptors (Lipinski definition) is 7. The number of halogens is 2. The molecule has 1 aliphatic heterocycles. The molecule has 0 atom stereocenters. The largest absolute Gasteiger partial charge is 0.464 e. The molecule has 0 saturated heterocycles. The highest BCUT2D eigenvalue weighted by Crippen LogP contribution is 2.34. The van der Waals surface area contributed by atoms with Crippen LogP contribution in [-0.4, -0.2) is 46.4 Å². The standard InChI is InChI=1S/C24H33F2N3O3S/c1-16-11-20(32-28-16)13-19(30)12-18-5-3-17(4-6-18)7-9-29-10-8-22-21(14-29)27-23(33-22)31-15-24(2,25)26/h11,17-18H,3-10,12-15H2,1-2H3. The number of Topliss-reactive ketones (excluding diaryl/α,β-unsaturated/α-hetero) is 1. The molecule has 2 aliphatic rings. The molecule has 1 fully saturated rings. The molecule has 33 heavy (non-hydrogen) atoms. The van der Waals surface area contributed by atoms with E-state index in [1.165, 1.54) is 24.2 Å². The van der Waals surface area contributed by atoms with E-state index >= 15 is 0 Å². The first kappa shape index (κ1) is 24.3. The minimum absolute atomic E-state index is 0.244. The average molecular weight is 482 g/mol. The Labute approximate surface area is 197 Å². The zero-order valence-electron chi connectivity index (χ0n) is 19.4. The Bertz CT molecular complexity index is 932. The average Bonchev–Trinajstić information content (AvgIpc) is 3.36. The van der Waals surface area contributed by atoms with E-state index in [0.717, 1.165) is 68.5 Å². The maximum absolute atomic E-state index is 13.0. The number of fused-ring (bicyclic) bond motifs is 1. The fourth-order valence-corrected chi connectivity index (χ4v) is 5.75. The third-order valence-electron chi connectivity index (χ3n) is 6.62. The van der Waals surface area contributed by atoms with Gasteiger partial charge in [0, 0.05) is 37.4 Å². The third-order valence-corrected chi connectivity index (χ3v) is 7.69. The first-order valence-corrected chi connectivity index (χ1v) is 12.7. The van der Waals surface area contributed by atoms with Crippen molar-refractivity contribution in [2.45, 2.75) is 77.7 Å². The molecular weight excluding hydrogens is 448 g/mol. The molecule has 0 spiro atoms. The lowest BCUT2D eigenvalue weighted by atomic mass is 9.78. The van der Waals surface area contributed by atoms with E-state index < -0.39 is 12.5 Å². The van der Waals surface area contributed by atoms with E-state index in [4.69, 9.17) is 9.26 Å². The van der Waals surface area contributed by atoms with Gasteiger partial charge in [0.15, 0.2) is 6.61 Å². The Kier molecular flexibility index (Phi) is 7.79. The van der Waals surface area contributed by atoms with Crippen LogP contribution in [0.15, 0.2) is 10.6 Å². The van der Waals surface area contributed by atoms with Gasteiger partial charge in [-0.3, -0.25) is 9.69 Å². The number of ketones is 1. The molecular formula is C24H33F2N3O3S. The summed E-state index contributed by atoms with van der Waals surface area (Å²) in [5.74, 6) is -0.749. The second-order valence-electron chi connectivity index (χ2n) is 9.76. The van der Waals surface area contributed by atoms with Crippen LogP contribution in [0.5, 0.6) is 5.19 Å². The van der Waals surface area contributed by atoms with E-state index in [1.807, 2.05) is 13.0 Å². The summed E-state index contributed by atoms with van der Waals surface area (Å²) in [6.07, 6.45) is 7.63. The van der Waals surface area contributed by atoms with Crippen LogP contribution in [-0.2, 0) is 24.2 Å². The van der Waals surface area contributed by atoms with Crippen molar-refractivity contribution >= 4 is 17.1 Å². The van der Waals surface area contributed by atoms with Crippen molar-refractivity contribution in [3.8, 4) is 5.19 Å². The molecule has 2 aromatic heterocycles. The molecule has 6 nitrogen and oxygen atoms in total. The number of rotatable bonds is 10. The van der Waals surface area contributed by atoms with Gasteiger partial charge in [0.05, 0.1) is 17.8 Å². The smallest absolute Gasteiger partial charge is 0.278 e. The molecule has 0 N–H and O–H groups in total. The minimum atomic E-state index is -2.85. The molecule has 0 radical (unpaired) electrons. The number of thiazole rings is 1. The molecule has 0 aromatic carbocycles. The Morgan fingerprint density at radius 2 is 2.06 bits per heavy atom. The van der Waals surface area contributed by atoms with Crippen LogP contribution < -0.4 is 4.74 Å². The van der Waals surface area contributed by atoms with Crippen molar-refractivity contribution < 1.29 is 22.8 Å². The van der Waals surface area contributed by atoms with Crippen LogP contribution in [0, 0.1) is 18.8 Å². The van der Waals surface area contributed by atoms with Crippen LogP contribution in [0.1, 0.15) is 67.5 Å². The zero-order chi connectivity index (χ0) is 23.4. The highest BCUT2D eigenvalue weighted by atomic mass is 32.1. The van der Waals surface area contributed by atoms with Crippen molar-refractivity contribution in [2.24, 2.45) is 11.8 Å². The molecule has 3 heterocycles. The highest BCUT2D eigenvalue weighted by Gasteiger charge is 2.27. The summed E-state index contributed by atoms with van der Waals surface area (Å²) < 4.78 is 36.4. The van der Waals surface area contributed by atoms with Gasteiger partial charge < -0.3 is 9.26 Å². The number of aryl methyl sites for hydroxylation is 1. The Balaban J connectivity index is 1.15.